The third-order valence-corrected chi connectivity index (χ3v) is 5.50. The number of aliphatic carboxylic acids is 1. The molecule has 4 bridgehead atoms. The van der Waals surface area contributed by atoms with Gasteiger partial charge in [0.25, 0.3) is 0 Å². The van der Waals surface area contributed by atoms with Gasteiger partial charge in [-0.05, 0) is 62.2 Å². The molecule has 20 heavy (non-hydrogen) atoms. The van der Waals surface area contributed by atoms with E-state index in [-0.39, 0.29) is 23.8 Å². The number of carbonyl (C=O) groups excluding carboxylic acids is 1. The van der Waals surface area contributed by atoms with Crippen LogP contribution in [0, 0.1) is 23.7 Å². The minimum atomic E-state index is -0.819. The van der Waals surface area contributed by atoms with Crippen LogP contribution >= 0.6 is 0 Å². The zero-order chi connectivity index (χ0) is 14.3. The molecule has 0 spiro atoms. The number of amides is 1. The minimum absolute atomic E-state index is 0.0504. The highest BCUT2D eigenvalue weighted by molar-refractivity contribution is 5.78. The van der Waals surface area contributed by atoms with Crippen LogP contribution < -0.4 is 5.32 Å². The van der Waals surface area contributed by atoms with Gasteiger partial charge in [-0.2, -0.15) is 0 Å². The van der Waals surface area contributed by atoms with Gasteiger partial charge in [-0.1, -0.05) is 6.92 Å². The Hall–Kier alpha value is -1.06. The van der Waals surface area contributed by atoms with Crippen molar-refractivity contribution in [3.8, 4) is 0 Å². The van der Waals surface area contributed by atoms with Gasteiger partial charge >= 0.3 is 5.97 Å². The molecule has 4 rings (SSSR count). The van der Waals surface area contributed by atoms with E-state index in [2.05, 4.69) is 5.32 Å². The standard InChI is InChI=1S/C16H25NO3/c1-10(3-15(19)20)2-14(18)17-16-7-11-4-12(8-16)6-13(5-11)9-16/h10-13H,2-9H2,1H3,(H,17,18)(H,19,20)/t10-,11?,12?,13?,16?/m1/s1. The number of nitrogens with one attached hydrogen (secondary N) is 1. The second-order valence-electron chi connectivity index (χ2n) is 7.65. The molecule has 2 N–H and O–H groups in total. The number of carboxylic acids is 1. The Labute approximate surface area is 120 Å². The van der Waals surface area contributed by atoms with E-state index in [4.69, 9.17) is 5.11 Å². The third kappa shape index (κ3) is 2.84. The summed E-state index contributed by atoms with van der Waals surface area (Å²) in [7, 11) is 0. The summed E-state index contributed by atoms with van der Waals surface area (Å²) in [4.78, 5) is 22.9. The summed E-state index contributed by atoms with van der Waals surface area (Å²) in [6.45, 7) is 1.84. The minimum Gasteiger partial charge on any atom is -0.481 e. The lowest BCUT2D eigenvalue weighted by Crippen LogP contribution is -2.59. The van der Waals surface area contributed by atoms with Gasteiger partial charge < -0.3 is 10.4 Å². The number of carbonyl (C=O) groups is 2. The highest BCUT2D eigenvalue weighted by Gasteiger charge is 2.51. The van der Waals surface area contributed by atoms with E-state index < -0.39 is 5.97 Å². The van der Waals surface area contributed by atoms with Crippen molar-refractivity contribution in [2.24, 2.45) is 23.7 Å². The highest BCUT2D eigenvalue weighted by atomic mass is 16.4. The molecular formula is C16H25NO3. The number of carboxylic acid groups (broad SMARTS) is 1. The monoisotopic (exact) mass is 279 g/mol. The topological polar surface area (TPSA) is 66.4 Å². The smallest absolute Gasteiger partial charge is 0.303 e. The molecule has 112 valence electrons. The summed E-state index contributed by atoms with van der Waals surface area (Å²) < 4.78 is 0. The van der Waals surface area contributed by atoms with Gasteiger partial charge in [0, 0.05) is 18.4 Å². The van der Waals surface area contributed by atoms with Crippen molar-refractivity contribution in [1.29, 1.82) is 0 Å². The van der Waals surface area contributed by atoms with E-state index in [1.54, 1.807) is 0 Å². The Morgan fingerprint density at radius 3 is 2.05 bits per heavy atom. The molecule has 0 heterocycles. The van der Waals surface area contributed by atoms with Crippen molar-refractivity contribution in [1.82, 2.24) is 5.32 Å². The fraction of sp³-hybridized carbons (Fsp3) is 0.875. The molecule has 0 aromatic carbocycles. The summed E-state index contributed by atoms with van der Waals surface area (Å²) in [6, 6.07) is 0. The van der Waals surface area contributed by atoms with Crippen LogP contribution in [-0.4, -0.2) is 22.5 Å². The Bertz CT molecular complexity index is 383. The predicted molar refractivity (Wildman–Crippen MR) is 75.1 cm³/mol. The molecule has 0 radical (unpaired) electrons. The highest BCUT2D eigenvalue weighted by Crippen LogP contribution is 2.55. The molecule has 0 unspecified atom stereocenters. The lowest BCUT2D eigenvalue weighted by atomic mass is 9.53. The fourth-order valence-electron chi connectivity index (χ4n) is 5.30. The van der Waals surface area contributed by atoms with Crippen LogP contribution in [0.1, 0.15) is 58.3 Å². The zero-order valence-corrected chi connectivity index (χ0v) is 12.2. The number of rotatable bonds is 5. The second-order valence-corrected chi connectivity index (χ2v) is 7.65. The van der Waals surface area contributed by atoms with Gasteiger partial charge in [-0.3, -0.25) is 9.59 Å². The van der Waals surface area contributed by atoms with Gasteiger partial charge in [0.2, 0.25) is 5.91 Å². The van der Waals surface area contributed by atoms with Crippen LogP contribution in [0.3, 0.4) is 0 Å². The van der Waals surface area contributed by atoms with Crippen molar-refractivity contribution in [3.63, 3.8) is 0 Å². The first-order chi connectivity index (χ1) is 9.44. The molecule has 0 aliphatic heterocycles. The van der Waals surface area contributed by atoms with Gasteiger partial charge in [0.1, 0.15) is 0 Å². The first kappa shape index (κ1) is 13.9. The Balaban J connectivity index is 1.57. The zero-order valence-electron chi connectivity index (χ0n) is 12.2. The summed E-state index contributed by atoms with van der Waals surface area (Å²) in [6.07, 6.45) is 7.97. The van der Waals surface area contributed by atoms with Crippen molar-refractivity contribution >= 4 is 11.9 Å². The van der Waals surface area contributed by atoms with Crippen LogP contribution in [0.25, 0.3) is 0 Å². The summed E-state index contributed by atoms with van der Waals surface area (Å²) in [5.74, 6) is 1.61. The average molecular weight is 279 g/mol. The molecule has 4 saturated carbocycles. The third-order valence-electron chi connectivity index (χ3n) is 5.50. The number of hydrogen-bond acceptors (Lipinski definition) is 2. The lowest BCUT2D eigenvalue weighted by molar-refractivity contribution is -0.138. The normalized spacial score (nSPS) is 39.5. The van der Waals surface area contributed by atoms with E-state index >= 15 is 0 Å². The summed E-state index contributed by atoms with van der Waals surface area (Å²) in [5, 5.41) is 12.1. The molecule has 4 heteroatoms. The molecule has 4 fully saturated rings. The van der Waals surface area contributed by atoms with E-state index in [1.807, 2.05) is 6.92 Å². The Morgan fingerprint density at radius 2 is 1.60 bits per heavy atom. The first-order valence-corrected chi connectivity index (χ1v) is 7.97. The maximum absolute atomic E-state index is 12.2. The summed E-state index contributed by atoms with van der Waals surface area (Å²) in [5.41, 5.74) is 0.0504. The van der Waals surface area contributed by atoms with Gasteiger partial charge in [0.05, 0.1) is 0 Å². The maximum Gasteiger partial charge on any atom is 0.303 e. The van der Waals surface area contributed by atoms with E-state index in [0.717, 1.165) is 37.0 Å². The average Bonchev–Trinajstić information content (AvgIpc) is 2.23. The maximum atomic E-state index is 12.2. The Morgan fingerprint density at radius 1 is 1.10 bits per heavy atom. The van der Waals surface area contributed by atoms with Crippen LogP contribution in [-0.2, 0) is 9.59 Å². The SMILES string of the molecule is C[C@@H](CC(=O)O)CC(=O)NC12CC3CC(CC(C3)C1)C2. The van der Waals surface area contributed by atoms with E-state index in [9.17, 15) is 9.59 Å². The quantitative estimate of drug-likeness (QED) is 0.813. The van der Waals surface area contributed by atoms with Crippen LogP contribution in [0.15, 0.2) is 0 Å². The molecule has 0 aromatic rings. The molecule has 4 aliphatic carbocycles. The van der Waals surface area contributed by atoms with E-state index in [1.165, 1.54) is 19.3 Å². The van der Waals surface area contributed by atoms with Gasteiger partial charge in [0.15, 0.2) is 0 Å². The number of hydrogen-bond donors (Lipinski definition) is 2. The molecule has 0 aromatic heterocycles. The largest absolute Gasteiger partial charge is 0.481 e. The first-order valence-electron chi connectivity index (χ1n) is 7.97. The van der Waals surface area contributed by atoms with Crippen molar-refractivity contribution in [3.05, 3.63) is 0 Å². The lowest BCUT2D eigenvalue weighted by Gasteiger charge is -2.57. The van der Waals surface area contributed by atoms with Crippen LogP contribution in [0.5, 0.6) is 0 Å². The van der Waals surface area contributed by atoms with Gasteiger partial charge in [-0.15, -0.1) is 0 Å². The van der Waals surface area contributed by atoms with Crippen molar-refractivity contribution in [2.45, 2.75) is 63.8 Å². The molecule has 4 nitrogen and oxygen atoms in total. The fourth-order valence-corrected chi connectivity index (χ4v) is 5.30. The molecule has 4 aliphatic rings. The van der Waals surface area contributed by atoms with Crippen molar-refractivity contribution < 1.29 is 14.7 Å². The molecule has 0 saturated heterocycles. The molecule has 1 atom stereocenters. The molecule has 1 amide bonds. The van der Waals surface area contributed by atoms with Gasteiger partial charge in [-0.25, -0.2) is 0 Å². The van der Waals surface area contributed by atoms with E-state index in [0.29, 0.717) is 6.42 Å². The van der Waals surface area contributed by atoms with Crippen molar-refractivity contribution in [2.75, 3.05) is 0 Å². The predicted octanol–water partition coefficient (Wildman–Crippen LogP) is 2.57. The summed E-state index contributed by atoms with van der Waals surface area (Å²) >= 11 is 0. The van der Waals surface area contributed by atoms with Crippen LogP contribution in [0.4, 0.5) is 0 Å². The molecular weight excluding hydrogens is 254 g/mol. The second kappa shape index (κ2) is 5.05. The Kier molecular flexibility index (Phi) is 3.51. The van der Waals surface area contributed by atoms with Crippen LogP contribution in [0.2, 0.25) is 0 Å².